The van der Waals surface area contributed by atoms with E-state index in [9.17, 15) is 4.79 Å². The molecule has 3 nitrogen and oxygen atoms in total. The van der Waals surface area contributed by atoms with Gasteiger partial charge in [0.05, 0.1) is 0 Å². The van der Waals surface area contributed by atoms with Gasteiger partial charge in [-0.3, -0.25) is 4.72 Å². The number of carbonyl (C=O) groups excluding carboxylic acids is 1. The maximum atomic E-state index is 12.4. The molecule has 4 fully saturated rings. The van der Waals surface area contributed by atoms with Crippen LogP contribution in [-0.2, 0) is 5.41 Å². The molecular weight excluding hydrogens is 508 g/mol. The molecule has 0 radical (unpaired) electrons. The molecule has 1 aromatic carbocycles. The van der Waals surface area contributed by atoms with Crippen molar-refractivity contribution in [3.8, 4) is 0 Å². The normalized spacial score (nSPS) is 37.2. The van der Waals surface area contributed by atoms with E-state index >= 15 is 0 Å². The summed E-state index contributed by atoms with van der Waals surface area (Å²) in [5.41, 5.74) is 2.64. The Balaban J connectivity index is 1.06. The van der Waals surface area contributed by atoms with Crippen LogP contribution in [0.25, 0.3) is 0 Å². The molecule has 0 heterocycles. The van der Waals surface area contributed by atoms with Crippen LogP contribution in [0.15, 0.2) is 29.2 Å². The largest absolute Gasteiger partial charge is 0.337 e. The van der Waals surface area contributed by atoms with E-state index in [4.69, 9.17) is 0 Å². The molecule has 2 N–H and O–H groups in total. The Morgan fingerprint density at radius 3 is 2.40 bits per heavy atom. The predicted octanol–water partition coefficient (Wildman–Crippen LogP) is 10.1. The summed E-state index contributed by atoms with van der Waals surface area (Å²) >= 11 is 1.40. The van der Waals surface area contributed by atoms with Crippen LogP contribution in [0.1, 0.15) is 131 Å². The third-order valence-electron chi connectivity index (χ3n) is 12.7. The second-order valence-corrected chi connectivity index (χ2v) is 16.6. The van der Waals surface area contributed by atoms with Crippen molar-refractivity contribution in [2.24, 2.45) is 46.3 Å². The highest BCUT2D eigenvalue weighted by atomic mass is 32.2. The summed E-state index contributed by atoms with van der Waals surface area (Å²) in [5.74, 6) is 5.81. The first-order valence-electron chi connectivity index (χ1n) is 16.9. The number of rotatable bonds is 8. The number of nitrogens with one attached hydrogen (secondary N) is 2. The molecule has 6 unspecified atom stereocenters. The van der Waals surface area contributed by atoms with Crippen LogP contribution in [0.2, 0.25) is 0 Å². The third-order valence-corrected chi connectivity index (χ3v) is 13.5. The lowest BCUT2D eigenvalue weighted by Gasteiger charge is -2.62. The lowest BCUT2D eigenvalue weighted by Crippen LogP contribution is -2.55. The van der Waals surface area contributed by atoms with Crippen LogP contribution in [0, 0.1) is 46.3 Å². The summed E-state index contributed by atoms with van der Waals surface area (Å²) in [6.07, 6.45) is 18.5. The van der Waals surface area contributed by atoms with Crippen molar-refractivity contribution in [2.45, 2.75) is 135 Å². The van der Waals surface area contributed by atoms with E-state index in [1.807, 2.05) is 0 Å². The minimum atomic E-state index is -0.0756. The van der Waals surface area contributed by atoms with Gasteiger partial charge in [-0.2, -0.15) is 0 Å². The summed E-state index contributed by atoms with van der Waals surface area (Å²) in [4.78, 5) is 13.4. The Labute approximate surface area is 250 Å². The summed E-state index contributed by atoms with van der Waals surface area (Å²) in [6, 6.07) is 8.43. The van der Waals surface area contributed by atoms with Gasteiger partial charge in [-0.25, -0.2) is 4.79 Å². The smallest absolute Gasteiger partial charge is 0.325 e. The molecule has 40 heavy (non-hydrogen) atoms. The predicted molar refractivity (Wildman–Crippen MR) is 170 cm³/mol. The van der Waals surface area contributed by atoms with Crippen LogP contribution >= 0.6 is 11.9 Å². The van der Waals surface area contributed by atoms with Gasteiger partial charge in [-0.05, 0) is 139 Å². The highest BCUT2D eigenvalue weighted by Crippen LogP contribution is 2.69. The zero-order valence-electron chi connectivity index (χ0n) is 26.5. The monoisotopic (exact) mass is 566 g/mol. The lowest BCUT2D eigenvalue weighted by atomic mass is 9.42. The van der Waals surface area contributed by atoms with Crippen molar-refractivity contribution >= 4 is 18.0 Å². The van der Waals surface area contributed by atoms with Crippen molar-refractivity contribution in [1.29, 1.82) is 0 Å². The Morgan fingerprint density at radius 1 is 0.925 bits per heavy atom. The van der Waals surface area contributed by atoms with Gasteiger partial charge in [0.1, 0.15) is 0 Å². The fraction of sp³-hybridized carbons (Fsp3) is 0.806. The Hall–Kier alpha value is -1.16. The Kier molecular flexibility index (Phi) is 9.25. The highest BCUT2D eigenvalue weighted by Gasteiger charge is 2.60. The lowest BCUT2D eigenvalue weighted by molar-refractivity contribution is -0.135. The zero-order chi connectivity index (χ0) is 28.5. The molecule has 4 heteroatoms. The van der Waals surface area contributed by atoms with Gasteiger partial charge in [0.15, 0.2) is 0 Å². The van der Waals surface area contributed by atoms with E-state index in [0.717, 1.165) is 53.4 Å². The van der Waals surface area contributed by atoms with E-state index in [2.05, 4.69) is 75.8 Å². The van der Waals surface area contributed by atoms with Gasteiger partial charge >= 0.3 is 6.03 Å². The highest BCUT2D eigenvalue weighted by molar-refractivity contribution is 7.98. The third kappa shape index (κ3) is 6.00. The molecule has 2 amide bonds. The molecule has 1 aromatic rings. The number of hydrogen-bond acceptors (Lipinski definition) is 2. The van der Waals surface area contributed by atoms with Crippen LogP contribution < -0.4 is 10.0 Å². The number of amides is 2. The van der Waals surface area contributed by atoms with E-state index in [1.165, 1.54) is 94.6 Å². The zero-order valence-corrected chi connectivity index (χ0v) is 27.3. The SMILES string of the molecule is CC[C@H]1CC2C3CCC(CCCCNC(=O)NSc4ccc(C(C)(C)C)cc4)C3(C)CC[C@@H]2C2(C)CCCCC12. The minimum Gasteiger partial charge on any atom is -0.337 e. The van der Waals surface area contributed by atoms with Crippen molar-refractivity contribution in [3.05, 3.63) is 29.8 Å². The molecular formula is C36H58N2OS. The Bertz CT molecular complexity index is 1000. The topological polar surface area (TPSA) is 41.1 Å². The van der Waals surface area contributed by atoms with Crippen LogP contribution in [-0.4, -0.2) is 12.6 Å². The summed E-state index contributed by atoms with van der Waals surface area (Å²) in [7, 11) is 0. The van der Waals surface area contributed by atoms with Gasteiger partial charge in [-0.15, -0.1) is 0 Å². The van der Waals surface area contributed by atoms with Gasteiger partial charge in [0.2, 0.25) is 0 Å². The molecule has 4 aliphatic carbocycles. The molecule has 5 rings (SSSR count). The standard InChI is InChI=1S/C36H58N2OS/c1-7-25-24-29-31-19-16-27(35(31,5)22-20-32(29)36(6)21-10-8-13-30(25)36)12-9-11-23-37-33(39)38-40-28-17-14-26(15-18-28)34(2,3)4/h14-15,17-18,25,27,29-32H,7-13,16,19-24H2,1-6H3,(H2,37,38,39)/t25-,27?,29?,30?,31?,32-,35?,36?/m0/s1. The van der Waals surface area contributed by atoms with E-state index in [-0.39, 0.29) is 11.4 Å². The van der Waals surface area contributed by atoms with Crippen LogP contribution in [0.4, 0.5) is 4.79 Å². The second kappa shape index (κ2) is 12.2. The van der Waals surface area contributed by atoms with E-state index in [1.54, 1.807) is 0 Å². The van der Waals surface area contributed by atoms with Gasteiger partial charge in [0, 0.05) is 11.4 Å². The molecule has 4 saturated carbocycles. The van der Waals surface area contributed by atoms with Crippen molar-refractivity contribution < 1.29 is 4.79 Å². The molecule has 8 atom stereocenters. The minimum absolute atomic E-state index is 0.0756. The fourth-order valence-corrected chi connectivity index (χ4v) is 11.0. The number of carbonyl (C=O) groups is 1. The summed E-state index contributed by atoms with van der Waals surface area (Å²) in [6.45, 7) is 15.3. The molecule has 0 bridgehead atoms. The van der Waals surface area contributed by atoms with Crippen molar-refractivity contribution in [3.63, 3.8) is 0 Å². The molecule has 4 aliphatic rings. The number of urea groups is 1. The fourth-order valence-electron chi connectivity index (χ4n) is 10.5. The number of hydrogen-bond donors (Lipinski definition) is 2. The first-order valence-corrected chi connectivity index (χ1v) is 17.7. The average Bonchev–Trinajstić information content (AvgIpc) is 3.27. The van der Waals surface area contributed by atoms with Crippen molar-refractivity contribution in [2.75, 3.05) is 6.54 Å². The quantitative estimate of drug-likeness (QED) is 0.243. The summed E-state index contributed by atoms with van der Waals surface area (Å²) < 4.78 is 2.96. The maximum Gasteiger partial charge on any atom is 0.325 e. The number of unbranched alkanes of at least 4 members (excludes halogenated alkanes) is 1. The van der Waals surface area contributed by atoms with Crippen LogP contribution in [0.5, 0.6) is 0 Å². The molecule has 0 aliphatic heterocycles. The average molecular weight is 567 g/mol. The maximum absolute atomic E-state index is 12.4. The van der Waals surface area contributed by atoms with Crippen LogP contribution in [0.3, 0.4) is 0 Å². The molecule has 0 saturated heterocycles. The Morgan fingerprint density at radius 2 is 1.68 bits per heavy atom. The van der Waals surface area contributed by atoms with E-state index in [0.29, 0.717) is 10.8 Å². The van der Waals surface area contributed by atoms with Gasteiger partial charge in [-0.1, -0.05) is 79.4 Å². The molecule has 0 spiro atoms. The number of benzene rings is 1. The number of fused-ring (bicyclic) bond motifs is 5. The first kappa shape index (κ1) is 30.3. The van der Waals surface area contributed by atoms with Gasteiger partial charge < -0.3 is 5.32 Å². The van der Waals surface area contributed by atoms with Gasteiger partial charge in [0.25, 0.3) is 0 Å². The first-order chi connectivity index (χ1) is 19.1. The molecule has 0 aromatic heterocycles. The molecule has 224 valence electrons. The van der Waals surface area contributed by atoms with E-state index < -0.39 is 0 Å². The summed E-state index contributed by atoms with van der Waals surface area (Å²) in [5, 5.41) is 3.09. The van der Waals surface area contributed by atoms with Crippen molar-refractivity contribution in [1.82, 2.24) is 10.0 Å². The second-order valence-electron chi connectivity index (χ2n) is 15.7.